The van der Waals surface area contributed by atoms with Crippen molar-refractivity contribution < 1.29 is 4.79 Å². The van der Waals surface area contributed by atoms with E-state index in [0.717, 1.165) is 48.5 Å². The molecule has 0 saturated carbocycles. The molecule has 1 aliphatic rings. The molecule has 0 spiro atoms. The lowest BCUT2D eigenvalue weighted by Crippen LogP contribution is -2.33. The van der Waals surface area contributed by atoms with Gasteiger partial charge in [-0.15, -0.1) is 0 Å². The molecule has 7 heteroatoms. The quantitative estimate of drug-likeness (QED) is 0.696. The van der Waals surface area contributed by atoms with Gasteiger partial charge in [-0.3, -0.25) is 9.78 Å². The first-order valence-electron chi connectivity index (χ1n) is 9.93. The molecule has 1 aliphatic heterocycles. The van der Waals surface area contributed by atoms with Gasteiger partial charge in [-0.2, -0.15) is 0 Å². The topological polar surface area (TPSA) is 83.0 Å². The molecule has 2 aromatic heterocycles. The van der Waals surface area contributed by atoms with Crippen molar-refractivity contribution in [1.29, 1.82) is 0 Å². The normalized spacial score (nSPS) is 16.4. The van der Waals surface area contributed by atoms with Crippen LogP contribution in [-0.4, -0.2) is 47.0 Å². The Hall–Kier alpha value is -3.06. The monoisotopic (exact) mass is 390 g/mol. The first-order valence-corrected chi connectivity index (χ1v) is 9.93. The molecule has 0 radical (unpaired) electrons. The number of carbonyl (C=O) groups excluding carboxylic acids is 1. The van der Waals surface area contributed by atoms with E-state index >= 15 is 0 Å². The maximum atomic E-state index is 12.0. The largest absolute Gasteiger partial charge is 0.355 e. The van der Waals surface area contributed by atoms with Crippen LogP contribution in [0.1, 0.15) is 33.9 Å². The second-order valence-electron chi connectivity index (χ2n) is 7.53. The second-order valence-corrected chi connectivity index (χ2v) is 7.53. The van der Waals surface area contributed by atoms with Crippen molar-refractivity contribution in [3.05, 3.63) is 59.3 Å². The van der Waals surface area contributed by atoms with E-state index in [1.54, 1.807) is 7.05 Å². The molecule has 3 aromatic rings. The molecule has 0 unspecified atom stereocenters. The standard InChI is InChI=1S/C22H26N6O/c1-14-15(2)26-20(22(29)23-3)27-21(14)28-9-7-19(13-28)25-11-16-4-5-17-6-8-24-12-18(17)10-16/h4-6,8,10,12,19,25H,7,9,11,13H2,1-3H3,(H,23,29)/t19-/m1/s1. The minimum absolute atomic E-state index is 0.229. The Labute approximate surface area is 170 Å². The maximum Gasteiger partial charge on any atom is 0.288 e. The van der Waals surface area contributed by atoms with Crippen LogP contribution in [0.2, 0.25) is 0 Å². The highest BCUT2D eigenvalue weighted by molar-refractivity contribution is 5.90. The van der Waals surface area contributed by atoms with Crippen LogP contribution in [0, 0.1) is 13.8 Å². The Morgan fingerprint density at radius 2 is 2.07 bits per heavy atom. The Morgan fingerprint density at radius 1 is 1.21 bits per heavy atom. The van der Waals surface area contributed by atoms with Gasteiger partial charge in [-0.05, 0) is 43.4 Å². The predicted octanol–water partition coefficient (Wildman–Crippen LogP) is 2.37. The molecule has 2 N–H and O–H groups in total. The summed E-state index contributed by atoms with van der Waals surface area (Å²) in [5.74, 6) is 0.831. The van der Waals surface area contributed by atoms with E-state index in [1.165, 1.54) is 10.9 Å². The first kappa shape index (κ1) is 19.3. The van der Waals surface area contributed by atoms with Gasteiger partial charge in [0.15, 0.2) is 0 Å². The molecule has 1 aromatic carbocycles. The molecule has 29 heavy (non-hydrogen) atoms. The number of rotatable bonds is 5. The highest BCUT2D eigenvalue weighted by atomic mass is 16.2. The van der Waals surface area contributed by atoms with Crippen LogP contribution >= 0.6 is 0 Å². The van der Waals surface area contributed by atoms with E-state index in [9.17, 15) is 4.79 Å². The number of hydrogen-bond donors (Lipinski definition) is 2. The third-order valence-electron chi connectivity index (χ3n) is 5.58. The summed E-state index contributed by atoms with van der Waals surface area (Å²) in [6, 6.07) is 8.89. The zero-order valence-electron chi connectivity index (χ0n) is 17.1. The van der Waals surface area contributed by atoms with Crippen LogP contribution in [0.25, 0.3) is 10.8 Å². The first-order chi connectivity index (χ1) is 14.0. The molecule has 0 aliphatic carbocycles. The maximum absolute atomic E-state index is 12.0. The number of pyridine rings is 1. The number of nitrogens with zero attached hydrogens (tertiary/aromatic N) is 4. The van der Waals surface area contributed by atoms with Gasteiger partial charge in [0.05, 0.1) is 0 Å². The summed E-state index contributed by atoms with van der Waals surface area (Å²) in [5.41, 5.74) is 3.12. The average molecular weight is 390 g/mol. The highest BCUT2D eigenvalue weighted by Crippen LogP contribution is 2.24. The van der Waals surface area contributed by atoms with Crippen molar-refractivity contribution in [2.45, 2.75) is 32.9 Å². The van der Waals surface area contributed by atoms with Crippen LogP contribution in [0.5, 0.6) is 0 Å². The molecular formula is C22H26N6O. The number of aryl methyl sites for hydroxylation is 1. The van der Waals surface area contributed by atoms with E-state index in [-0.39, 0.29) is 11.7 Å². The molecule has 4 rings (SSSR count). The fourth-order valence-corrected chi connectivity index (χ4v) is 3.76. The Bertz CT molecular complexity index is 1050. The Balaban J connectivity index is 1.43. The van der Waals surface area contributed by atoms with Crippen molar-refractivity contribution in [2.24, 2.45) is 0 Å². The summed E-state index contributed by atoms with van der Waals surface area (Å²) < 4.78 is 0. The molecule has 0 bridgehead atoms. The van der Waals surface area contributed by atoms with Crippen molar-refractivity contribution in [2.75, 3.05) is 25.0 Å². The van der Waals surface area contributed by atoms with Crippen LogP contribution in [0.3, 0.4) is 0 Å². The molecule has 7 nitrogen and oxygen atoms in total. The van der Waals surface area contributed by atoms with Gasteiger partial charge >= 0.3 is 0 Å². The van der Waals surface area contributed by atoms with Gasteiger partial charge in [-0.25, -0.2) is 9.97 Å². The van der Waals surface area contributed by atoms with Crippen LogP contribution in [0.4, 0.5) is 5.82 Å². The van der Waals surface area contributed by atoms with Gasteiger partial charge in [0.25, 0.3) is 5.91 Å². The zero-order valence-corrected chi connectivity index (χ0v) is 17.1. The fourth-order valence-electron chi connectivity index (χ4n) is 3.76. The summed E-state index contributed by atoms with van der Waals surface area (Å²) in [6.45, 7) is 6.52. The Kier molecular flexibility index (Phi) is 5.40. The van der Waals surface area contributed by atoms with Gasteiger partial charge < -0.3 is 15.5 Å². The predicted molar refractivity (Wildman–Crippen MR) is 114 cm³/mol. The van der Waals surface area contributed by atoms with Crippen LogP contribution < -0.4 is 15.5 Å². The fraction of sp³-hybridized carbons (Fsp3) is 0.364. The lowest BCUT2D eigenvalue weighted by atomic mass is 10.1. The van der Waals surface area contributed by atoms with Crippen LogP contribution in [-0.2, 0) is 6.54 Å². The molecule has 1 saturated heterocycles. The van der Waals surface area contributed by atoms with E-state index in [2.05, 4.69) is 48.7 Å². The molecule has 1 fully saturated rings. The van der Waals surface area contributed by atoms with Crippen molar-refractivity contribution in [3.8, 4) is 0 Å². The number of carbonyl (C=O) groups is 1. The van der Waals surface area contributed by atoms with Crippen LogP contribution in [0.15, 0.2) is 36.7 Å². The molecule has 1 atom stereocenters. The number of aromatic nitrogens is 3. The Morgan fingerprint density at radius 3 is 2.90 bits per heavy atom. The lowest BCUT2D eigenvalue weighted by Gasteiger charge is -2.21. The molecule has 150 valence electrons. The number of anilines is 1. The third kappa shape index (κ3) is 4.05. The van der Waals surface area contributed by atoms with E-state index in [1.807, 2.05) is 32.3 Å². The van der Waals surface area contributed by atoms with Gasteiger partial charge in [0.2, 0.25) is 5.82 Å². The number of nitrogens with one attached hydrogen (secondary N) is 2. The van der Waals surface area contributed by atoms with E-state index in [4.69, 9.17) is 0 Å². The zero-order chi connectivity index (χ0) is 20.4. The van der Waals surface area contributed by atoms with E-state index in [0.29, 0.717) is 6.04 Å². The summed E-state index contributed by atoms with van der Waals surface area (Å²) in [5, 5.41) is 8.63. The summed E-state index contributed by atoms with van der Waals surface area (Å²) in [6.07, 6.45) is 4.76. The number of benzene rings is 1. The SMILES string of the molecule is CNC(=O)c1nc(C)c(C)c(N2CC[C@@H](NCc3ccc4ccncc4c3)C2)n1. The minimum atomic E-state index is -0.256. The summed E-state index contributed by atoms with van der Waals surface area (Å²) >= 11 is 0. The van der Waals surface area contributed by atoms with Crippen molar-refractivity contribution in [3.63, 3.8) is 0 Å². The second kappa shape index (κ2) is 8.13. The van der Waals surface area contributed by atoms with Crippen molar-refractivity contribution in [1.82, 2.24) is 25.6 Å². The lowest BCUT2D eigenvalue weighted by molar-refractivity contribution is 0.0952. The summed E-state index contributed by atoms with van der Waals surface area (Å²) in [7, 11) is 1.60. The molecule has 1 amide bonds. The molecular weight excluding hydrogens is 364 g/mol. The molecule has 3 heterocycles. The smallest absolute Gasteiger partial charge is 0.288 e. The number of amides is 1. The summed E-state index contributed by atoms with van der Waals surface area (Å²) in [4.78, 5) is 27.3. The van der Waals surface area contributed by atoms with Gasteiger partial charge in [0, 0.05) is 61.8 Å². The van der Waals surface area contributed by atoms with Gasteiger partial charge in [0.1, 0.15) is 5.82 Å². The average Bonchev–Trinajstić information content (AvgIpc) is 3.22. The van der Waals surface area contributed by atoms with Crippen molar-refractivity contribution >= 4 is 22.5 Å². The number of hydrogen-bond acceptors (Lipinski definition) is 6. The number of fused-ring (bicyclic) bond motifs is 1. The highest BCUT2D eigenvalue weighted by Gasteiger charge is 2.26. The van der Waals surface area contributed by atoms with Gasteiger partial charge in [-0.1, -0.05) is 12.1 Å². The van der Waals surface area contributed by atoms with E-state index < -0.39 is 0 Å². The minimum Gasteiger partial charge on any atom is -0.355 e. The third-order valence-corrected chi connectivity index (χ3v) is 5.58.